The van der Waals surface area contributed by atoms with Crippen LogP contribution in [0.25, 0.3) is 0 Å². The van der Waals surface area contributed by atoms with Gasteiger partial charge in [0.2, 0.25) is 0 Å². The number of nitrogens with two attached hydrogens (primary N) is 1. The van der Waals surface area contributed by atoms with Crippen molar-refractivity contribution in [1.29, 1.82) is 0 Å². The summed E-state index contributed by atoms with van der Waals surface area (Å²) in [5.41, 5.74) is 8.06. The van der Waals surface area contributed by atoms with E-state index in [0.29, 0.717) is 17.8 Å². The van der Waals surface area contributed by atoms with Crippen molar-refractivity contribution in [3.8, 4) is 0 Å². The van der Waals surface area contributed by atoms with Crippen molar-refractivity contribution in [1.82, 2.24) is 5.32 Å². The van der Waals surface area contributed by atoms with Crippen LogP contribution in [0, 0.1) is 0 Å². The van der Waals surface area contributed by atoms with Crippen LogP contribution in [0.2, 0.25) is 0 Å². The van der Waals surface area contributed by atoms with Gasteiger partial charge in [-0.3, -0.25) is 4.79 Å². The molecule has 0 radical (unpaired) electrons. The van der Waals surface area contributed by atoms with E-state index < -0.39 is 0 Å². The number of carbonyl (C=O) groups excluding carboxylic acids is 1. The lowest BCUT2D eigenvalue weighted by Crippen LogP contribution is -2.25. The van der Waals surface area contributed by atoms with E-state index in [9.17, 15) is 4.79 Å². The van der Waals surface area contributed by atoms with E-state index in [1.165, 1.54) is 12.8 Å². The molecule has 3 N–H and O–H groups in total. The van der Waals surface area contributed by atoms with Gasteiger partial charge in [0.25, 0.3) is 5.91 Å². The zero-order valence-electron chi connectivity index (χ0n) is 10.2. The zero-order chi connectivity index (χ0) is 12.3. The molecule has 0 spiro atoms. The van der Waals surface area contributed by atoms with E-state index in [1.54, 1.807) is 0 Å². The van der Waals surface area contributed by atoms with E-state index in [-0.39, 0.29) is 5.91 Å². The van der Waals surface area contributed by atoms with E-state index in [1.807, 2.05) is 25.1 Å². The Labute approximate surface area is 102 Å². The van der Waals surface area contributed by atoms with Crippen molar-refractivity contribution in [3.63, 3.8) is 0 Å². The predicted molar refractivity (Wildman–Crippen MR) is 70.3 cm³/mol. The predicted octanol–water partition coefficient (Wildman–Crippen LogP) is 1.62. The average molecular weight is 233 g/mol. The van der Waals surface area contributed by atoms with Crippen LogP contribution in [0.4, 0.5) is 11.4 Å². The fraction of sp³-hybridized carbons (Fsp3) is 0.462. The van der Waals surface area contributed by atoms with Crippen LogP contribution in [0.1, 0.15) is 30.1 Å². The van der Waals surface area contributed by atoms with Crippen LogP contribution < -0.4 is 16.0 Å². The summed E-state index contributed by atoms with van der Waals surface area (Å²) in [6.07, 6.45) is 2.45. The van der Waals surface area contributed by atoms with Gasteiger partial charge in [-0.15, -0.1) is 0 Å². The Balaban J connectivity index is 2.25. The lowest BCUT2D eigenvalue weighted by atomic mass is 10.1. The molecule has 0 aliphatic carbocycles. The molecule has 17 heavy (non-hydrogen) atoms. The van der Waals surface area contributed by atoms with Gasteiger partial charge in [-0.05, 0) is 38.0 Å². The smallest absolute Gasteiger partial charge is 0.253 e. The molecule has 0 bridgehead atoms. The first kappa shape index (κ1) is 11.8. The van der Waals surface area contributed by atoms with Crippen molar-refractivity contribution < 1.29 is 4.79 Å². The fourth-order valence-electron chi connectivity index (χ4n) is 2.17. The van der Waals surface area contributed by atoms with Crippen LogP contribution in [0.3, 0.4) is 0 Å². The maximum absolute atomic E-state index is 11.8. The van der Waals surface area contributed by atoms with Crippen LogP contribution in [0.5, 0.6) is 0 Å². The van der Waals surface area contributed by atoms with Crippen molar-refractivity contribution in [2.45, 2.75) is 19.8 Å². The standard InChI is InChI=1S/C13H19N3O/c1-2-15-13(17)11-9-10(5-6-12(11)14)16-7-3-4-8-16/h5-6,9H,2-4,7-8,14H2,1H3,(H,15,17). The number of nitrogens with zero attached hydrogens (tertiary/aromatic N) is 1. The topological polar surface area (TPSA) is 58.4 Å². The average Bonchev–Trinajstić information content (AvgIpc) is 2.83. The maximum atomic E-state index is 11.8. The molecule has 0 saturated carbocycles. The molecule has 1 amide bonds. The number of rotatable bonds is 3. The molecule has 1 aromatic rings. The SMILES string of the molecule is CCNC(=O)c1cc(N2CCCC2)ccc1N. The van der Waals surface area contributed by atoms with Crippen LogP contribution in [-0.4, -0.2) is 25.5 Å². The molecule has 4 nitrogen and oxygen atoms in total. The molecule has 1 saturated heterocycles. The number of amides is 1. The third-order valence-electron chi connectivity index (χ3n) is 3.09. The van der Waals surface area contributed by atoms with Gasteiger partial charge in [-0.25, -0.2) is 0 Å². The summed E-state index contributed by atoms with van der Waals surface area (Å²) in [7, 11) is 0. The summed E-state index contributed by atoms with van der Waals surface area (Å²) >= 11 is 0. The van der Waals surface area contributed by atoms with Gasteiger partial charge in [-0.1, -0.05) is 0 Å². The molecule has 0 aromatic heterocycles. The summed E-state index contributed by atoms with van der Waals surface area (Å²) in [5, 5.41) is 2.78. The molecule has 0 atom stereocenters. The number of nitrogens with one attached hydrogen (secondary N) is 1. The number of benzene rings is 1. The molecule has 1 aliphatic heterocycles. The van der Waals surface area contributed by atoms with Gasteiger partial charge in [0.1, 0.15) is 0 Å². The van der Waals surface area contributed by atoms with Crippen molar-refractivity contribution >= 4 is 17.3 Å². The minimum Gasteiger partial charge on any atom is -0.398 e. The van der Waals surface area contributed by atoms with Gasteiger partial charge in [0.15, 0.2) is 0 Å². The van der Waals surface area contributed by atoms with E-state index in [2.05, 4.69) is 10.2 Å². The summed E-state index contributed by atoms with van der Waals surface area (Å²) in [6, 6.07) is 5.70. The maximum Gasteiger partial charge on any atom is 0.253 e. The van der Waals surface area contributed by atoms with Gasteiger partial charge in [-0.2, -0.15) is 0 Å². The normalized spacial score (nSPS) is 15.0. The van der Waals surface area contributed by atoms with Crippen LogP contribution in [-0.2, 0) is 0 Å². The summed E-state index contributed by atoms with van der Waals surface area (Å²) in [4.78, 5) is 14.1. The first-order valence-corrected chi connectivity index (χ1v) is 6.15. The van der Waals surface area contributed by atoms with E-state index in [0.717, 1.165) is 18.8 Å². The molecular weight excluding hydrogens is 214 g/mol. The number of hydrogen-bond acceptors (Lipinski definition) is 3. The van der Waals surface area contributed by atoms with Crippen LogP contribution >= 0.6 is 0 Å². The highest BCUT2D eigenvalue weighted by Crippen LogP contribution is 2.24. The number of nitrogen functional groups attached to an aromatic ring is 1. The molecule has 4 heteroatoms. The first-order valence-electron chi connectivity index (χ1n) is 6.15. The fourth-order valence-corrected chi connectivity index (χ4v) is 2.17. The highest BCUT2D eigenvalue weighted by molar-refractivity contribution is 6.00. The first-order chi connectivity index (χ1) is 8.22. The molecular formula is C13H19N3O. The molecule has 1 heterocycles. The molecule has 1 aliphatic rings. The third-order valence-corrected chi connectivity index (χ3v) is 3.09. The van der Waals surface area contributed by atoms with Crippen molar-refractivity contribution in [2.75, 3.05) is 30.3 Å². The third kappa shape index (κ3) is 2.52. The van der Waals surface area contributed by atoms with Crippen LogP contribution in [0.15, 0.2) is 18.2 Å². The monoisotopic (exact) mass is 233 g/mol. The summed E-state index contributed by atoms with van der Waals surface area (Å²) in [5.74, 6) is -0.0916. The zero-order valence-corrected chi connectivity index (χ0v) is 10.2. The summed E-state index contributed by atoms with van der Waals surface area (Å²) in [6.45, 7) is 4.65. The Morgan fingerprint density at radius 1 is 1.41 bits per heavy atom. The van der Waals surface area contributed by atoms with Crippen molar-refractivity contribution in [3.05, 3.63) is 23.8 Å². The second kappa shape index (κ2) is 5.08. The minimum absolute atomic E-state index is 0.0916. The van der Waals surface area contributed by atoms with Gasteiger partial charge in [0, 0.05) is 31.0 Å². The Morgan fingerprint density at radius 3 is 2.76 bits per heavy atom. The molecule has 1 aromatic carbocycles. The lowest BCUT2D eigenvalue weighted by molar-refractivity contribution is 0.0956. The molecule has 2 rings (SSSR count). The Hall–Kier alpha value is -1.71. The second-order valence-electron chi connectivity index (χ2n) is 4.33. The highest BCUT2D eigenvalue weighted by atomic mass is 16.1. The molecule has 1 fully saturated rings. The quantitative estimate of drug-likeness (QED) is 0.780. The largest absolute Gasteiger partial charge is 0.398 e. The van der Waals surface area contributed by atoms with Crippen molar-refractivity contribution in [2.24, 2.45) is 0 Å². The Bertz CT molecular complexity index is 411. The molecule has 92 valence electrons. The lowest BCUT2D eigenvalue weighted by Gasteiger charge is -2.19. The number of anilines is 2. The molecule has 0 unspecified atom stereocenters. The summed E-state index contributed by atoms with van der Waals surface area (Å²) < 4.78 is 0. The van der Waals surface area contributed by atoms with E-state index >= 15 is 0 Å². The Morgan fingerprint density at radius 2 is 2.12 bits per heavy atom. The van der Waals surface area contributed by atoms with E-state index in [4.69, 9.17) is 5.73 Å². The minimum atomic E-state index is -0.0916. The Kier molecular flexibility index (Phi) is 3.52. The number of carbonyl (C=O) groups is 1. The van der Waals surface area contributed by atoms with Gasteiger partial charge >= 0.3 is 0 Å². The highest BCUT2D eigenvalue weighted by Gasteiger charge is 2.15. The van der Waals surface area contributed by atoms with Gasteiger partial charge < -0.3 is 16.0 Å². The van der Waals surface area contributed by atoms with Gasteiger partial charge in [0.05, 0.1) is 5.56 Å². The second-order valence-corrected chi connectivity index (χ2v) is 4.33. The number of hydrogen-bond donors (Lipinski definition) is 2.